The molecule has 2 aliphatic rings. The monoisotopic (exact) mass is 282 g/mol. The number of carboxylic acids is 1. The van der Waals surface area contributed by atoms with Crippen molar-refractivity contribution < 1.29 is 19.5 Å². The van der Waals surface area contributed by atoms with Gasteiger partial charge < -0.3 is 15.3 Å². The van der Waals surface area contributed by atoms with E-state index in [-0.39, 0.29) is 18.2 Å². The zero-order chi connectivity index (χ0) is 14.8. The molecule has 2 amide bonds. The number of hydrogen-bond acceptors (Lipinski definition) is 3. The first-order valence-electron chi connectivity index (χ1n) is 7.23. The Hall–Kier alpha value is -1.59. The topological polar surface area (TPSA) is 86.7 Å². The van der Waals surface area contributed by atoms with E-state index in [2.05, 4.69) is 5.32 Å². The number of nitrogens with zero attached hydrogens (tertiary/aromatic N) is 1. The highest BCUT2D eigenvalue weighted by Crippen LogP contribution is 2.36. The normalized spacial score (nSPS) is 25.1. The van der Waals surface area contributed by atoms with Crippen molar-refractivity contribution in [2.75, 3.05) is 7.05 Å². The molecule has 112 valence electrons. The fourth-order valence-electron chi connectivity index (χ4n) is 3.39. The lowest BCUT2D eigenvalue weighted by Gasteiger charge is -2.44. The van der Waals surface area contributed by atoms with Gasteiger partial charge in [-0.15, -0.1) is 0 Å². The second kappa shape index (κ2) is 5.81. The molecule has 6 heteroatoms. The van der Waals surface area contributed by atoms with E-state index < -0.39 is 17.6 Å². The predicted molar refractivity (Wildman–Crippen MR) is 72.0 cm³/mol. The first-order valence-corrected chi connectivity index (χ1v) is 7.23. The summed E-state index contributed by atoms with van der Waals surface area (Å²) in [4.78, 5) is 36.5. The molecule has 20 heavy (non-hydrogen) atoms. The van der Waals surface area contributed by atoms with Crippen LogP contribution in [0.3, 0.4) is 0 Å². The number of likely N-dealkylation sites (N-methyl/N-ethyl adjacent to an activating group) is 1. The van der Waals surface area contributed by atoms with Gasteiger partial charge >= 0.3 is 5.97 Å². The highest BCUT2D eigenvalue weighted by Gasteiger charge is 2.43. The molecule has 0 bridgehead atoms. The molecular weight excluding hydrogens is 260 g/mol. The highest BCUT2D eigenvalue weighted by molar-refractivity contribution is 5.91. The summed E-state index contributed by atoms with van der Waals surface area (Å²) in [5, 5.41) is 11.8. The maximum Gasteiger partial charge on any atom is 0.305 e. The van der Waals surface area contributed by atoms with Crippen molar-refractivity contribution in [1.29, 1.82) is 0 Å². The minimum absolute atomic E-state index is 0.0179. The Kier molecular flexibility index (Phi) is 4.30. The van der Waals surface area contributed by atoms with E-state index in [0.717, 1.165) is 32.1 Å². The van der Waals surface area contributed by atoms with Crippen molar-refractivity contribution >= 4 is 17.8 Å². The minimum atomic E-state index is -0.873. The van der Waals surface area contributed by atoms with E-state index in [1.54, 1.807) is 11.9 Å². The maximum absolute atomic E-state index is 12.5. The molecule has 0 aromatic heterocycles. The molecule has 1 aliphatic heterocycles. The number of hydrogen-bond donors (Lipinski definition) is 2. The fraction of sp³-hybridized carbons (Fsp3) is 0.786. The van der Waals surface area contributed by atoms with Crippen LogP contribution in [0.5, 0.6) is 0 Å². The molecule has 0 spiro atoms. The summed E-state index contributed by atoms with van der Waals surface area (Å²) in [5.74, 6) is -1.13. The molecule has 0 aromatic carbocycles. The van der Waals surface area contributed by atoms with Crippen molar-refractivity contribution in [2.24, 2.45) is 0 Å². The molecule has 6 nitrogen and oxygen atoms in total. The number of carbonyl (C=O) groups is 3. The van der Waals surface area contributed by atoms with Gasteiger partial charge in [0.15, 0.2) is 0 Å². The zero-order valence-corrected chi connectivity index (χ0v) is 11.9. The molecule has 1 heterocycles. The van der Waals surface area contributed by atoms with Crippen LogP contribution in [-0.2, 0) is 14.4 Å². The van der Waals surface area contributed by atoms with Crippen LogP contribution in [0.15, 0.2) is 0 Å². The zero-order valence-electron chi connectivity index (χ0n) is 11.9. The van der Waals surface area contributed by atoms with E-state index in [9.17, 15) is 14.4 Å². The molecule has 1 saturated heterocycles. The molecule has 0 aromatic rings. The molecule has 2 N–H and O–H groups in total. The molecule has 0 radical (unpaired) electrons. The first-order chi connectivity index (χ1) is 9.44. The van der Waals surface area contributed by atoms with Gasteiger partial charge in [0, 0.05) is 13.5 Å². The van der Waals surface area contributed by atoms with Crippen molar-refractivity contribution in [2.45, 2.75) is 62.9 Å². The van der Waals surface area contributed by atoms with Gasteiger partial charge in [0.2, 0.25) is 11.8 Å². The summed E-state index contributed by atoms with van der Waals surface area (Å²) >= 11 is 0. The summed E-state index contributed by atoms with van der Waals surface area (Å²) in [6.07, 6.45) is 5.29. The second-order valence-electron chi connectivity index (χ2n) is 5.91. The second-order valence-corrected chi connectivity index (χ2v) is 5.91. The molecule has 2 fully saturated rings. The lowest BCUT2D eigenvalue weighted by atomic mass is 9.77. The highest BCUT2D eigenvalue weighted by atomic mass is 16.4. The average Bonchev–Trinajstić information content (AvgIpc) is 2.84. The molecule has 1 saturated carbocycles. The summed E-state index contributed by atoms with van der Waals surface area (Å²) in [6, 6.07) is -0.486. The van der Waals surface area contributed by atoms with Gasteiger partial charge in [0.1, 0.15) is 6.04 Å². The summed E-state index contributed by atoms with van der Waals surface area (Å²) in [6.45, 7) is 0. The van der Waals surface area contributed by atoms with Crippen LogP contribution in [0, 0.1) is 0 Å². The van der Waals surface area contributed by atoms with Crippen molar-refractivity contribution in [3.05, 3.63) is 0 Å². The van der Waals surface area contributed by atoms with E-state index >= 15 is 0 Å². The quantitative estimate of drug-likeness (QED) is 0.802. The molecule has 2 rings (SSSR count). The predicted octanol–water partition coefficient (Wildman–Crippen LogP) is 0.901. The summed E-state index contributed by atoms with van der Waals surface area (Å²) < 4.78 is 0. The largest absolute Gasteiger partial charge is 0.481 e. The average molecular weight is 282 g/mol. The Morgan fingerprint density at radius 2 is 2.00 bits per heavy atom. The third-order valence-electron chi connectivity index (χ3n) is 4.60. The van der Waals surface area contributed by atoms with Crippen LogP contribution in [0.4, 0.5) is 0 Å². The summed E-state index contributed by atoms with van der Waals surface area (Å²) in [5.41, 5.74) is -0.589. The first kappa shape index (κ1) is 14.8. The van der Waals surface area contributed by atoms with E-state index in [0.29, 0.717) is 12.8 Å². The van der Waals surface area contributed by atoms with Gasteiger partial charge in [-0.3, -0.25) is 14.4 Å². The van der Waals surface area contributed by atoms with Crippen molar-refractivity contribution in [1.82, 2.24) is 10.2 Å². The number of rotatable bonds is 4. The van der Waals surface area contributed by atoms with Crippen LogP contribution in [0.1, 0.15) is 51.4 Å². The van der Waals surface area contributed by atoms with Crippen LogP contribution >= 0.6 is 0 Å². The Bertz CT molecular complexity index is 415. The Labute approximate surface area is 118 Å². The van der Waals surface area contributed by atoms with Crippen molar-refractivity contribution in [3.63, 3.8) is 0 Å². The Balaban J connectivity index is 2.13. The third-order valence-corrected chi connectivity index (χ3v) is 4.60. The van der Waals surface area contributed by atoms with Crippen LogP contribution in [-0.4, -0.2) is 46.4 Å². The van der Waals surface area contributed by atoms with Gasteiger partial charge in [0.05, 0.1) is 12.0 Å². The molecule has 1 atom stereocenters. The van der Waals surface area contributed by atoms with Gasteiger partial charge in [0.25, 0.3) is 0 Å². The Morgan fingerprint density at radius 3 is 2.50 bits per heavy atom. The van der Waals surface area contributed by atoms with Gasteiger partial charge in [-0.1, -0.05) is 19.3 Å². The van der Waals surface area contributed by atoms with E-state index in [1.165, 1.54) is 0 Å². The van der Waals surface area contributed by atoms with E-state index in [4.69, 9.17) is 5.11 Å². The van der Waals surface area contributed by atoms with Gasteiger partial charge in [-0.2, -0.15) is 0 Å². The summed E-state index contributed by atoms with van der Waals surface area (Å²) in [7, 11) is 1.68. The SMILES string of the molecule is CN(C(=O)[C@@H]1CCC(=O)N1)C1(CC(=O)O)CCCCC1. The van der Waals surface area contributed by atoms with Gasteiger partial charge in [-0.25, -0.2) is 0 Å². The number of amides is 2. The lowest BCUT2D eigenvalue weighted by Crippen LogP contribution is -2.56. The van der Waals surface area contributed by atoms with Crippen LogP contribution < -0.4 is 5.32 Å². The standard InChI is InChI=1S/C14H22N2O4/c1-16(13(20)10-5-6-11(17)15-10)14(9-12(18)19)7-3-2-4-8-14/h10H,2-9H2,1H3,(H,15,17)(H,18,19)/t10-/m0/s1. The van der Waals surface area contributed by atoms with Crippen LogP contribution in [0.25, 0.3) is 0 Å². The molecule has 1 aliphatic carbocycles. The molecular formula is C14H22N2O4. The molecule has 0 unspecified atom stereocenters. The number of carboxylic acid groups (broad SMARTS) is 1. The number of aliphatic carboxylic acids is 1. The van der Waals surface area contributed by atoms with Crippen LogP contribution in [0.2, 0.25) is 0 Å². The maximum atomic E-state index is 12.5. The smallest absolute Gasteiger partial charge is 0.305 e. The number of carbonyl (C=O) groups excluding carboxylic acids is 2. The lowest BCUT2D eigenvalue weighted by molar-refractivity contribution is -0.147. The van der Waals surface area contributed by atoms with Gasteiger partial charge in [-0.05, 0) is 19.3 Å². The Morgan fingerprint density at radius 1 is 1.35 bits per heavy atom. The fourth-order valence-corrected chi connectivity index (χ4v) is 3.39. The third kappa shape index (κ3) is 2.94. The minimum Gasteiger partial charge on any atom is -0.481 e. The number of nitrogens with one attached hydrogen (secondary N) is 1. The van der Waals surface area contributed by atoms with Crippen molar-refractivity contribution in [3.8, 4) is 0 Å². The van der Waals surface area contributed by atoms with E-state index in [1.807, 2.05) is 0 Å².